The number of non-ortho nitro benzene ring substituents is 1. The summed E-state index contributed by atoms with van der Waals surface area (Å²) in [5.41, 5.74) is 1.82. The molecular formula is C14H9ClN2O3S2. The van der Waals surface area contributed by atoms with Crippen LogP contribution in [0.4, 0.5) is 5.69 Å². The molecule has 0 unspecified atom stereocenters. The number of aromatic nitrogens is 1. The molecule has 112 valence electrons. The van der Waals surface area contributed by atoms with Crippen LogP contribution in [0.25, 0.3) is 10.6 Å². The fourth-order valence-corrected chi connectivity index (χ4v) is 3.51. The van der Waals surface area contributed by atoms with Gasteiger partial charge in [-0.2, -0.15) is 11.3 Å². The zero-order chi connectivity index (χ0) is 15.5. The number of hydrogen-bond donors (Lipinski definition) is 0. The van der Waals surface area contributed by atoms with Gasteiger partial charge in [-0.3, -0.25) is 10.1 Å². The molecule has 0 fully saturated rings. The first-order chi connectivity index (χ1) is 10.6. The van der Waals surface area contributed by atoms with Crippen molar-refractivity contribution >= 4 is 40.0 Å². The van der Waals surface area contributed by atoms with E-state index in [1.165, 1.54) is 18.2 Å². The lowest BCUT2D eigenvalue weighted by Gasteiger charge is -2.05. The van der Waals surface area contributed by atoms with Crippen LogP contribution in [0.2, 0.25) is 5.02 Å². The normalized spacial score (nSPS) is 10.6. The highest BCUT2D eigenvalue weighted by Gasteiger charge is 2.11. The van der Waals surface area contributed by atoms with Gasteiger partial charge in [0.2, 0.25) is 0 Å². The van der Waals surface area contributed by atoms with E-state index in [1.807, 2.05) is 22.2 Å². The summed E-state index contributed by atoms with van der Waals surface area (Å²) in [5, 5.41) is 17.8. The van der Waals surface area contributed by atoms with Gasteiger partial charge < -0.3 is 4.74 Å². The number of ether oxygens (including phenoxy) is 1. The molecule has 22 heavy (non-hydrogen) atoms. The standard InChI is InChI=1S/C14H9ClN2O3S2/c15-12-5-11(17(18)19)1-2-13(12)20-6-10-8-22-14(16-10)9-3-4-21-7-9/h1-5,7-8H,6H2. The van der Waals surface area contributed by atoms with Gasteiger partial charge in [-0.25, -0.2) is 4.98 Å². The molecule has 3 aromatic rings. The van der Waals surface area contributed by atoms with Gasteiger partial charge in [0, 0.05) is 28.5 Å². The second-order valence-corrected chi connectivity index (χ2v) is 6.36. The van der Waals surface area contributed by atoms with Crippen molar-refractivity contribution in [2.45, 2.75) is 6.61 Å². The Kier molecular flexibility index (Phi) is 4.37. The highest BCUT2D eigenvalue weighted by atomic mass is 35.5. The number of nitro benzene ring substituents is 1. The number of nitro groups is 1. The van der Waals surface area contributed by atoms with Crippen molar-refractivity contribution in [2.75, 3.05) is 0 Å². The summed E-state index contributed by atoms with van der Waals surface area (Å²) in [5.74, 6) is 0.400. The highest BCUT2D eigenvalue weighted by molar-refractivity contribution is 7.14. The lowest BCUT2D eigenvalue weighted by Crippen LogP contribution is -1.97. The summed E-state index contributed by atoms with van der Waals surface area (Å²) in [4.78, 5) is 14.7. The quantitative estimate of drug-likeness (QED) is 0.478. The van der Waals surface area contributed by atoms with Gasteiger partial charge in [0.25, 0.3) is 5.69 Å². The number of thiophene rings is 1. The third kappa shape index (κ3) is 3.27. The Balaban J connectivity index is 1.69. The molecule has 5 nitrogen and oxygen atoms in total. The van der Waals surface area contributed by atoms with Crippen LogP contribution in [0.15, 0.2) is 40.4 Å². The van der Waals surface area contributed by atoms with E-state index >= 15 is 0 Å². The fraction of sp³-hybridized carbons (Fsp3) is 0.0714. The third-order valence-electron chi connectivity index (χ3n) is 2.82. The Bertz CT molecular complexity index is 802. The van der Waals surface area contributed by atoms with Crippen LogP contribution in [0.3, 0.4) is 0 Å². The average molecular weight is 353 g/mol. The van der Waals surface area contributed by atoms with E-state index < -0.39 is 4.92 Å². The van der Waals surface area contributed by atoms with Gasteiger partial charge in [0.1, 0.15) is 17.4 Å². The summed E-state index contributed by atoms with van der Waals surface area (Å²) >= 11 is 9.15. The molecule has 0 N–H and O–H groups in total. The van der Waals surface area contributed by atoms with E-state index in [-0.39, 0.29) is 17.3 Å². The van der Waals surface area contributed by atoms with Crippen molar-refractivity contribution in [3.8, 4) is 16.3 Å². The molecule has 8 heteroatoms. The minimum atomic E-state index is -0.497. The molecule has 0 saturated carbocycles. The minimum absolute atomic E-state index is 0.0641. The van der Waals surface area contributed by atoms with E-state index in [1.54, 1.807) is 22.7 Å². The van der Waals surface area contributed by atoms with E-state index in [9.17, 15) is 10.1 Å². The predicted molar refractivity (Wildman–Crippen MR) is 87.9 cm³/mol. The van der Waals surface area contributed by atoms with E-state index in [0.717, 1.165) is 16.3 Å². The molecule has 1 aromatic carbocycles. The Labute approximate surface area is 138 Å². The molecule has 0 saturated heterocycles. The molecule has 0 bridgehead atoms. The maximum Gasteiger partial charge on any atom is 0.271 e. The molecule has 2 heterocycles. The Morgan fingerprint density at radius 2 is 2.18 bits per heavy atom. The Morgan fingerprint density at radius 1 is 1.32 bits per heavy atom. The zero-order valence-corrected chi connectivity index (χ0v) is 13.5. The van der Waals surface area contributed by atoms with Crippen molar-refractivity contribution in [3.05, 3.63) is 61.2 Å². The first-order valence-electron chi connectivity index (χ1n) is 6.17. The molecule has 0 spiro atoms. The van der Waals surface area contributed by atoms with Gasteiger partial charge >= 0.3 is 0 Å². The highest BCUT2D eigenvalue weighted by Crippen LogP contribution is 2.30. The molecule has 0 aliphatic rings. The molecular weight excluding hydrogens is 344 g/mol. The summed E-state index contributed by atoms with van der Waals surface area (Å²) in [7, 11) is 0. The van der Waals surface area contributed by atoms with E-state index in [4.69, 9.17) is 16.3 Å². The molecule has 0 radical (unpaired) electrons. The third-order valence-corrected chi connectivity index (χ3v) is 4.74. The fourth-order valence-electron chi connectivity index (χ4n) is 1.76. The zero-order valence-electron chi connectivity index (χ0n) is 11.1. The van der Waals surface area contributed by atoms with Crippen LogP contribution in [0.1, 0.15) is 5.69 Å². The molecule has 3 rings (SSSR count). The lowest BCUT2D eigenvalue weighted by molar-refractivity contribution is -0.384. The van der Waals surface area contributed by atoms with E-state index in [2.05, 4.69) is 4.98 Å². The van der Waals surface area contributed by atoms with Gasteiger partial charge in [-0.15, -0.1) is 11.3 Å². The second-order valence-electron chi connectivity index (χ2n) is 4.32. The average Bonchev–Trinajstić information content (AvgIpc) is 3.16. The van der Waals surface area contributed by atoms with E-state index in [0.29, 0.717) is 5.75 Å². The number of thiazole rings is 1. The van der Waals surface area contributed by atoms with Crippen LogP contribution in [-0.2, 0) is 6.61 Å². The number of halogens is 1. The molecule has 0 atom stereocenters. The monoisotopic (exact) mass is 352 g/mol. The molecule has 0 amide bonds. The first kappa shape index (κ1) is 15.0. The maximum atomic E-state index is 10.7. The van der Waals surface area contributed by atoms with Crippen molar-refractivity contribution in [2.24, 2.45) is 0 Å². The number of rotatable bonds is 5. The van der Waals surface area contributed by atoms with Gasteiger partial charge in [0.15, 0.2) is 0 Å². The van der Waals surface area contributed by atoms with Crippen molar-refractivity contribution in [3.63, 3.8) is 0 Å². The number of benzene rings is 1. The van der Waals surface area contributed by atoms with Crippen LogP contribution in [-0.4, -0.2) is 9.91 Å². The Morgan fingerprint density at radius 3 is 2.86 bits per heavy atom. The van der Waals surface area contributed by atoms with Gasteiger partial charge in [0.05, 0.1) is 15.6 Å². The number of nitrogens with zero attached hydrogens (tertiary/aromatic N) is 2. The van der Waals surface area contributed by atoms with Crippen LogP contribution < -0.4 is 4.74 Å². The molecule has 0 aliphatic carbocycles. The Hall–Kier alpha value is -1.96. The van der Waals surface area contributed by atoms with Gasteiger partial charge in [-0.1, -0.05) is 11.6 Å². The number of hydrogen-bond acceptors (Lipinski definition) is 6. The van der Waals surface area contributed by atoms with Gasteiger partial charge in [-0.05, 0) is 17.5 Å². The lowest BCUT2D eigenvalue weighted by atomic mass is 10.3. The van der Waals surface area contributed by atoms with Crippen molar-refractivity contribution in [1.29, 1.82) is 0 Å². The van der Waals surface area contributed by atoms with Crippen LogP contribution in [0, 0.1) is 10.1 Å². The summed E-state index contributed by atoms with van der Waals surface area (Å²) in [6.45, 7) is 0.262. The van der Waals surface area contributed by atoms with Crippen LogP contribution >= 0.6 is 34.3 Å². The second kappa shape index (κ2) is 6.43. The minimum Gasteiger partial charge on any atom is -0.486 e. The largest absolute Gasteiger partial charge is 0.486 e. The smallest absolute Gasteiger partial charge is 0.271 e. The predicted octanol–water partition coefficient (Wildman–Crippen LogP) is 5.01. The molecule has 2 aromatic heterocycles. The topological polar surface area (TPSA) is 65.3 Å². The molecule has 0 aliphatic heterocycles. The summed E-state index contributed by atoms with van der Waals surface area (Å²) < 4.78 is 5.58. The van der Waals surface area contributed by atoms with Crippen molar-refractivity contribution < 1.29 is 9.66 Å². The maximum absolute atomic E-state index is 10.7. The first-order valence-corrected chi connectivity index (χ1v) is 8.37. The summed E-state index contributed by atoms with van der Waals surface area (Å²) in [6, 6.07) is 6.14. The van der Waals surface area contributed by atoms with Crippen LogP contribution in [0.5, 0.6) is 5.75 Å². The summed E-state index contributed by atoms with van der Waals surface area (Å²) in [6.07, 6.45) is 0. The van der Waals surface area contributed by atoms with Crippen molar-refractivity contribution in [1.82, 2.24) is 4.98 Å². The SMILES string of the molecule is O=[N+]([O-])c1ccc(OCc2csc(-c3ccsc3)n2)c(Cl)c1.